The Bertz CT molecular complexity index is 1880. The van der Waals surface area contributed by atoms with Crippen LogP contribution in [-0.2, 0) is 17.4 Å². The average molecular weight is 622 g/mol. The van der Waals surface area contributed by atoms with Crippen LogP contribution in [0.15, 0.2) is 73.2 Å². The number of benzene rings is 2. The lowest BCUT2D eigenvalue weighted by Crippen LogP contribution is -2.51. The summed E-state index contributed by atoms with van der Waals surface area (Å²) < 4.78 is 69.6. The number of nitrogens with one attached hydrogen (secondary N) is 2. The molecule has 2 atom stereocenters. The lowest BCUT2D eigenvalue weighted by atomic mass is 9.79. The highest BCUT2D eigenvalue weighted by Gasteiger charge is 2.57. The maximum absolute atomic E-state index is 14.8. The van der Waals surface area contributed by atoms with Crippen molar-refractivity contribution in [2.24, 2.45) is 0 Å². The van der Waals surface area contributed by atoms with Crippen LogP contribution in [0.1, 0.15) is 34.4 Å². The lowest BCUT2D eigenvalue weighted by Gasteiger charge is -2.32. The number of ether oxygens (including phenoxy) is 2. The number of carbonyl (C=O) groups excluding carboxylic acids is 1. The van der Waals surface area contributed by atoms with Crippen LogP contribution < -0.4 is 14.8 Å². The van der Waals surface area contributed by atoms with Crippen LogP contribution in [0, 0.1) is 5.82 Å². The number of methoxy groups -OCH3 is 1. The van der Waals surface area contributed by atoms with Gasteiger partial charge in [0.25, 0.3) is 5.91 Å². The minimum Gasteiger partial charge on any atom is -0.494 e. The van der Waals surface area contributed by atoms with Gasteiger partial charge in [0.15, 0.2) is 0 Å². The summed E-state index contributed by atoms with van der Waals surface area (Å²) in [4.78, 5) is 28.9. The van der Waals surface area contributed by atoms with Gasteiger partial charge in [-0.15, -0.1) is 0 Å². The number of pyridine rings is 2. The number of aliphatic hydroxyl groups is 1. The third-order valence-electron chi connectivity index (χ3n) is 7.94. The number of fused-ring (bicyclic) bond motifs is 2. The van der Waals surface area contributed by atoms with E-state index in [0.29, 0.717) is 22.3 Å². The molecule has 13 heteroatoms. The molecule has 0 radical (unpaired) electrons. The van der Waals surface area contributed by atoms with Crippen molar-refractivity contribution in [2.75, 3.05) is 20.3 Å². The molecule has 1 amide bonds. The van der Waals surface area contributed by atoms with Crippen molar-refractivity contribution in [2.45, 2.75) is 30.5 Å². The Balaban J connectivity index is 1.42. The van der Waals surface area contributed by atoms with Crippen LogP contribution in [0.25, 0.3) is 22.2 Å². The summed E-state index contributed by atoms with van der Waals surface area (Å²) in [6, 6.07) is 12.3. The Kier molecular flexibility index (Phi) is 7.43. The predicted octanol–water partition coefficient (Wildman–Crippen LogP) is 5.24. The molecule has 45 heavy (non-hydrogen) atoms. The number of hydrogen-bond acceptors (Lipinski definition) is 7. The first-order valence-electron chi connectivity index (χ1n) is 13.8. The molecule has 0 saturated heterocycles. The molecular formula is C32H27F4N5O4. The van der Waals surface area contributed by atoms with E-state index in [-0.39, 0.29) is 41.3 Å². The van der Waals surface area contributed by atoms with Gasteiger partial charge in [0.2, 0.25) is 5.60 Å². The van der Waals surface area contributed by atoms with Crippen molar-refractivity contribution in [1.29, 1.82) is 0 Å². The quantitative estimate of drug-likeness (QED) is 0.203. The van der Waals surface area contributed by atoms with Crippen molar-refractivity contribution >= 4 is 16.8 Å². The monoisotopic (exact) mass is 621 g/mol. The lowest BCUT2D eigenvalue weighted by molar-refractivity contribution is -0.265. The van der Waals surface area contributed by atoms with Gasteiger partial charge in [-0.25, -0.2) is 14.4 Å². The summed E-state index contributed by atoms with van der Waals surface area (Å²) in [5.74, 6) is -0.386. The molecule has 0 spiro atoms. The second kappa shape index (κ2) is 11.1. The number of H-pyrrole nitrogens is 1. The normalized spacial score (nSPS) is 17.4. The van der Waals surface area contributed by atoms with Gasteiger partial charge in [-0.05, 0) is 48.5 Å². The van der Waals surface area contributed by atoms with Crippen LogP contribution in [0.4, 0.5) is 17.6 Å². The molecule has 232 valence electrons. The van der Waals surface area contributed by atoms with E-state index in [9.17, 15) is 27.5 Å². The van der Waals surface area contributed by atoms with Crippen molar-refractivity contribution in [3.05, 3.63) is 102 Å². The third kappa shape index (κ3) is 5.43. The standard InChI is InChI=1S/C32H27F4N5O4/c1-30(15-25-37-10-11-38-25)17-45-28-22(30)14-24(41-27(28)18-5-7-21(33)8-6-18)31(43,32(34,35)36)16-40-29(42)20-12-19-4-3-9-39-26(19)23(13-20)44-2/h3-14,43H,15-17H2,1-2H3,(H,37,38)(H,40,42)/t30-,31?/m0/s1. The Hall–Kier alpha value is -5.04. The zero-order valence-corrected chi connectivity index (χ0v) is 24.1. The number of nitrogens with zero attached hydrogens (tertiary/aromatic N) is 3. The third-order valence-corrected chi connectivity index (χ3v) is 7.94. The van der Waals surface area contributed by atoms with E-state index in [1.165, 1.54) is 31.4 Å². The summed E-state index contributed by atoms with van der Waals surface area (Å²) in [6.45, 7) is 0.630. The first kappa shape index (κ1) is 30.0. The van der Waals surface area contributed by atoms with Gasteiger partial charge in [-0.1, -0.05) is 13.0 Å². The number of carbonyl (C=O) groups is 1. The van der Waals surface area contributed by atoms with Gasteiger partial charge < -0.3 is 24.9 Å². The second-order valence-corrected chi connectivity index (χ2v) is 11.1. The van der Waals surface area contributed by atoms with Gasteiger partial charge in [-0.2, -0.15) is 13.2 Å². The SMILES string of the molecule is COc1cc(C(=O)NCC(O)(c2cc3c(c(-c4ccc(F)cc4)n2)OC[C@]3(C)Cc2ncc[nH]2)C(F)(F)F)cc2cccnc12. The van der Waals surface area contributed by atoms with E-state index >= 15 is 0 Å². The Morgan fingerprint density at radius 1 is 1.13 bits per heavy atom. The molecule has 0 saturated carbocycles. The van der Waals surface area contributed by atoms with Crippen molar-refractivity contribution in [3.63, 3.8) is 0 Å². The number of halogens is 4. The van der Waals surface area contributed by atoms with E-state index < -0.39 is 41.2 Å². The Morgan fingerprint density at radius 2 is 1.91 bits per heavy atom. The number of rotatable bonds is 8. The first-order valence-corrected chi connectivity index (χ1v) is 13.8. The fourth-order valence-electron chi connectivity index (χ4n) is 5.45. The molecule has 6 rings (SSSR count). The Morgan fingerprint density at radius 3 is 2.60 bits per heavy atom. The fraction of sp³-hybridized carbons (Fsp3) is 0.250. The van der Waals surface area contributed by atoms with Crippen LogP contribution in [0.5, 0.6) is 11.5 Å². The highest BCUT2D eigenvalue weighted by molar-refractivity contribution is 5.99. The van der Waals surface area contributed by atoms with Gasteiger partial charge in [0, 0.05) is 52.5 Å². The van der Waals surface area contributed by atoms with Crippen molar-refractivity contribution < 1.29 is 36.9 Å². The van der Waals surface area contributed by atoms with Gasteiger partial charge >= 0.3 is 6.18 Å². The number of hydrogen-bond donors (Lipinski definition) is 3. The van der Waals surface area contributed by atoms with Crippen molar-refractivity contribution in [3.8, 4) is 22.8 Å². The van der Waals surface area contributed by atoms with Crippen LogP contribution in [-0.4, -0.2) is 57.4 Å². The molecule has 1 unspecified atom stereocenters. The topological polar surface area (TPSA) is 122 Å². The van der Waals surface area contributed by atoms with Gasteiger partial charge in [0.1, 0.15) is 34.4 Å². The molecule has 9 nitrogen and oxygen atoms in total. The number of alkyl halides is 3. The average Bonchev–Trinajstić information content (AvgIpc) is 3.66. The zero-order valence-electron chi connectivity index (χ0n) is 24.1. The molecule has 3 aromatic heterocycles. The van der Waals surface area contributed by atoms with Crippen LogP contribution >= 0.6 is 0 Å². The van der Waals surface area contributed by atoms with Crippen molar-refractivity contribution in [1.82, 2.24) is 25.3 Å². The largest absolute Gasteiger partial charge is 0.494 e. The molecule has 1 aliphatic rings. The van der Waals surface area contributed by atoms with E-state index in [2.05, 4.69) is 25.3 Å². The summed E-state index contributed by atoms with van der Waals surface area (Å²) in [5.41, 5.74) is -4.15. The number of aromatic nitrogens is 4. The van der Waals surface area contributed by atoms with Gasteiger partial charge in [0.05, 0.1) is 26.0 Å². The molecule has 0 bridgehead atoms. The van der Waals surface area contributed by atoms with Crippen LogP contribution in [0.2, 0.25) is 0 Å². The highest BCUT2D eigenvalue weighted by atomic mass is 19.4. The maximum atomic E-state index is 14.8. The van der Waals surface area contributed by atoms with E-state index in [0.717, 1.165) is 18.2 Å². The Labute approximate surface area is 254 Å². The van der Waals surface area contributed by atoms with Crippen LogP contribution in [0.3, 0.4) is 0 Å². The second-order valence-electron chi connectivity index (χ2n) is 11.1. The minimum absolute atomic E-state index is 0.00483. The molecule has 3 N–H and O–H groups in total. The highest BCUT2D eigenvalue weighted by Crippen LogP contribution is 2.48. The summed E-state index contributed by atoms with van der Waals surface area (Å²) >= 11 is 0. The first-order chi connectivity index (χ1) is 21.4. The van der Waals surface area contributed by atoms with Gasteiger partial charge in [-0.3, -0.25) is 9.78 Å². The predicted molar refractivity (Wildman–Crippen MR) is 155 cm³/mol. The fourth-order valence-corrected chi connectivity index (χ4v) is 5.45. The zero-order chi connectivity index (χ0) is 32.0. The molecule has 0 fully saturated rings. The smallest absolute Gasteiger partial charge is 0.424 e. The number of aromatic amines is 1. The molecule has 0 aliphatic carbocycles. The van der Waals surface area contributed by atoms with E-state index in [1.54, 1.807) is 37.6 Å². The molecule has 4 heterocycles. The summed E-state index contributed by atoms with van der Waals surface area (Å²) in [6.07, 6.45) is -0.265. The molecule has 5 aromatic rings. The molecular weight excluding hydrogens is 594 g/mol. The molecule has 2 aromatic carbocycles. The maximum Gasteiger partial charge on any atom is 0.424 e. The number of imidazole rings is 1. The minimum atomic E-state index is -5.27. The van der Waals surface area contributed by atoms with E-state index in [4.69, 9.17) is 9.47 Å². The van der Waals surface area contributed by atoms with E-state index in [1.807, 2.05) is 0 Å². The number of amides is 1. The molecule has 1 aliphatic heterocycles. The summed E-state index contributed by atoms with van der Waals surface area (Å²) in [7, 11) is 1.38. The summed E-state index contributed by atoms with van der Waals surface area (Å²) in [5, 5.41) is 14.2.